The summed E-state index contributed by atoms with van der Waals surface area (Å²) in [5.74, 6) is -1.40. The molecular weight excluding hydrogens is 376 g/mol. The molecule has 154 valence electrons. The number of nitrogens with one attached hydrogen (secondary N) is 2. The molecule has 1 unspecified atom stereocenters. The fourth-order valence-corrected chi connectivity index (χ4v) is 4.23. The predicted molar refractivity (Wildman–Crippen MR) is 117 cm³/mol. The highest BCUT2D eigenvalue weighted by Crippen LogP contribution is 2.32. The molecule has 3 N–H and O–H groups in total. The first kappa shape index (κ1) is 20.1. The number of carboxylic acid groups (broad SMARTS) is 1. The van der Waals surface area contributed by atoms with E-state index in [1.807, 2.05) is 18.2 Å². The highest BCUT2D eigenvalue weighted by Gasteiger charge is 2.37. The lowest BCUT2D eigenvalue weighted by Crippen LogP contribution is -2.49. The van der Waals surface area contributed by atoms with Gasteiger partial charge < -0.3 is 15.7 Å². The van der Waals surface area contributed by atoms with Gasteiger partial charge in [-0.3, -0.25) is 4.79 Å². The Labute approximate surface area is 176 Å². The van der Waals surface area contributed by atoms with Crippen LogP contribution in [0, 0.1) is 5.92 Å². The van der Waals surface area contributed by atoms with Gasteiger partial charge in [0.25, 0.3) is 0 Å². The van der Waals surface area contributed by atoms with Gasteiger partial charge in [-0.05, 0) is 41.7 Å². The number of carbonyl (C=O) groups excluding carboxylic acids is 1. The Bertz CT molecular complexity index is 1040. The van der Waals surface area contributed by atoms with E-state index in [0.29, 0.717) is 18.4 Å². The minimum absolute atomic E-state index is 0.159. The first-order valence-corrected chi connectivity index (χ1v) is 10.3. The lowest BCUT2D eigenvalue weighted by atomic mass is 9.78. The summed E-state index contributed by atoms with van der Waals surface area (Å²) in [6, 6.07) is 22.9. The van der Waals surface area contributed by atoms with Crippen LogP contribution in [0.15, 0.2) is 72.8 Å². The number of carboxylic acids is 1. The zero-order valence-electron chi connectivity index (χ0n) is 16.9. The third-order valence-electron chi connectivity index (χ3n) is 5.95. The second-order valence-corrected chi connectivity index (χ2v) is 8.01. The molecule has 1 aliphatic carbocycles. The van der Waals surface area contributed by atoms with Crippen molar-refractivity contribution < 1.29 is 14.7 Å². The SMILES string of the molecule is C[C@@H](NC1CC(C(=O)NC(C(=O)O)c2ccccc2)C1)c1cccc2ccccc12. The monoisotopic (exact) mass is 402 g/mol. The average Bonchev–Trinajstić information content (AvgIpc) is 2.74. The van der Waals surface area contributed by atoms with E-state index in [2.05, 4.69) is 47.9 Å². The van der Waals surface area contributed by atoms with Gasteiger partial charge in [-0.2, -0.15) is 0 Å². The molecule has 0 radical (unpaired) electrons. The summed E-state index contributed by atoms with van der Waals surface area (Å²) < 4.78 is 0. The third-order valence-corrected chi connectivity index (χ3v) is 5.95. The van der Waals surface area contributed by atoms with Crippen molar-refractivity contribution in [3.63, 3.8) is 0 Å². The van der Waals surface area contributed by atoms with Gasteiger partial charge in [0.05, 0.1) is 0 Å². The summed E-state index contributed by atoms with van der Waals surface area (Å²) in [7, 11) is 0. The van der Waals surface area contributed by atoms with E-state index in [1.54, 1.807) is 24.3 Å². The Morgan fingerprint density at radius 1 is 0.933 bits per heavy atom. The maximum Gasteiger partial charge on any atom is 0.330 e. The highest BCUT2D eigenvalue weighted by molar-refractivity contribution is 5.87. The van der Waals surface area contributed by atoms with Crippen molar-refractivity contribution in [1.29, 1.82) is 0 Å². The molecule has 3 aromatic rings. The number of hydrogen-bond acceptors (Lipinski definition) is 3. The van der Waals surface area contributed by atoms with E-state index in [0.717, 1.165) is 0 Å². The number of fused-ring (bicyclic) bond motifs is 1. The van der Waals surface area contributed by atoms with Gasteiger partial charge in [0.1, 0.15) is 0 Å². The smallest absolute Gasteiger partial charge is 0.330 e. The molecule has 0 aromatic heterocycles. The van der Waals surface area contributed by atoms with Gasteiger partial charge in [0, 0.05) is 18.0 Å². The largest absolute Gasteiger partial charge is 0.479 e. The van der Waals surface area contributed by atoms with E-state index in [-0.39, 0.29) is 23.9 Å². The van der Waals surface area contributed by atoms with Crippen molar-refractivity contribution in [2.75, 3.05) is 0 Å². The molecule has 1 fully saturated rings. The average molecular weight is 402 g/mol. The van der Waals surface area contributed by atoms with E-state index < -0.39 is 12.0 Å². The van der Waals surface area contributed by atoms with Crippen LogP contribution in [-0.4, -0.2) is 23.0 Å². The lowest BCUT2D eigenvalue weighted by molar-refractivity contribution is -0.143. The molecule has 2 atom stereocenters. The first-order valence-electron chi connectivity index (χ1n) is 10.3. The lowest BCUT2D eigenvalue weighted by Gasteiger charge is -2.37. The molecule has 0 heterocycles. The minimum atomic E-state index is -1.05. The number of aliphatic carboxylic acids is 1. The zero-order valence-corrected chi connectivity index (χ0v) is 16.9. The molecule has 0 bridgehead atoms. The summed E-state index contributed by atoms with van der Waals surface area (Å²) >= 11 is 0. The summed E-state index contributed by atoms with van der Waals surface area (Å²) in [5.41, 5.74) is 1.83. The molecule has 1 aliphatic rings. The standard InChI is InChI=1S/C25H26N2O3/c1-16(21-13-7-11-17-8-5-6-12-22(17)21)26-20-14-19(15-20)24(28)27-23(25(29)30)18-9-3-2-4-10-18/h2-13,16,19-20,23,26H,14-15H2,1H3,(H,27,28)(H,29,30)/t16-,19?,20?,23?/m1/s1. The number of amides is 1. The van der Waals surface area contributed by atoms with E-state index in [4.69, 9.17) is 0 Å². The predicted octanol–water partition coefficient (Wildman–Crippen LogP) is 4.21. The van der Waals surface area contributed by atoms with Crippen molar-refractivity contribution in [3.8, 4) is 0 Å². The molecule has 1 saturated carbocycles. The van der Waals surface area contributed by atoms with Crippen LogP contribution in [0.4, 0.5) is 0 Å². The van der Waals surface area contributed by atoms with E-state index in [1.165, 1.54) is 16.3 Å². The van der Waals surface area contributed by atoms with Gasteiger partial charge in [-0.25, -0.2) is 4.79 Å². The van der Waals surface area contributed by atoms with Crippen LogP contribution in [0.1, 0.15) is 43.0 Å². The fourth-order valence-electron chi connectivity index (χ4n) is 4.23. The summed E-state index contributed by atoms with van der Waals surface area (Å²) in [4.78, 5) is 24.2. The molecule has 0 saturated heterocycles. The molecule has 30 heavy (non-hydrogen) atoms. The van der Waals surface area contributed by atoms with Gasteiger partial charge in [-0.1, -0.05) is 72.8 Å². The van der Waals surface area contributed by atoms with E-state index in [9.17, 15) is 14.7 Å². The van der Waals surface area contributed by atoms with Crippen LogP contribution in [0.25, 0.3) is 10.8 Å². The number of benzene rings is 3. The maximum absolute atomic E-state index is 12.6. The van der Waals surface area contributed by atoms with Gasteiger partial charge in [0.15, 0.2) is 6.04 Å². The summed E-state index contributed by atoms with van der Waals surface area (Å²) in [6.45, 7) is 2.14. The number of carbonyl (C=O) groups is 2. The number of hydrogen-bond donors (Lipinski definition) is 3. The Balaban J connectivity index is 1.34. The summed E-state index contributed by atoms with van der Waals surface area (Å²) in [6.07, 6.45) is 1.42. The van der Waals surface area contributed by atoms with Crippen molar-refractivity contribution in [3.05, 3.63) is 83.9 Å². The molecule has 5 heteroatoms. The van der Waals surface area contributed by atoms with Crippen LogP contribution >= 0.6 is 0 Å². The Morgan fingerprint density at radius 2 is 1.60 bits per heavy atom. The Kier molecular flexibility index (Phi) is 5.81. The molecule has 0 aliphatic heterocycles. The van der Waals surface area contributed by atoms with E-state index >= 15 is 0 Å². The first-order chi connectivity index (χ1) is 14.5. The molecule has 1 amide bonds. The number of rotatable bonds is 7. The normalized spacial score (nSPS) is 20.2. The quantitative estimate of drug-likeness (QED) is 0.553. The van der Waals surface area contributed by atoms with Gasteiger partial charge >= 0.3 is 5.97 Å². The molecule has 0 spiro atoms. The highest BCUT2D eigenvalue weighted by atomic mass is 16.4. The van der Waals surface area contributed by atoms with Crippen LogP contribution < -0.4 is 10.6 Å². The van der Waals surface area contributed by atoms with Crippen molar-refractivity contribution >= 4 is 22.6 Å². The molecule has 5 nitrogen and oxygen atoms in total. The fraction of sp³-hybridized carbons (Fsp3) is 0.280. The van der Waals surface area contributed by atoms with Crippen LogP contribution in [0.3, 0.4) is 0 Å². The van der Waals surface area contributed by atoms with Gasteiger partial charge in [-0.15, -0.1) is 0 Å². The topological polar surface area (TPSA) is 78.4 Å². The van der Waals surface area contributed by atoms with Crippen LogP contribution in [0.5, 0.6) is 0 Å². The van der Waals surface area contributed by atoms with Crippen LogP contribution in [0.2, 0.25) is 0 Å². The molecule has 3 aromatic carbocycles. The third kappa shape index (κ3) is 4.21. The minimum Gasteiger partial charge on any atom is -0.479 e. The molecular formula is C25H26N2O3. The van der Waals surface area contributed by atoms with Crippen molar-refractivity contribution in [1.82, 2.24) is 10.6 Å². The zero-order chi connectivity index (χ0) is 21.1. The summed E-state index contributed by atoms with van der Waals surface area (Å²) in [5, 5.41) is 18.3. The second kappa shape index (κ2) is 8.67. The van der Waals surface area contributed by atoms with Crippen molar-refractivity contribution in [2.45, 2.75) is 37.9 Å². The van der Waals surface area contributed by atoms with Gasteiger partial charge in [0.2, 0.25) is 5.91 Å². The maximum atomic E-state index is 12.6. The Hall–Kier alpha value is -3.18. The Morgan fingerprint density at radius 3 is 2.33 bits per heavy atom. The van der Waals surface area contributed by atoms with Crippen molar-refractivity contribution in [2.24, 2.45) is 5.92 Å². The molecule has 4 rings (SSSR count). The van der Waals surface area contributed by atoms with Crippen LogP contribution in [-0.2, 0) is 9.59 Å². The second-order valence-electron chi connectivity index (χ2n) is 8.01.